The lowest BCUT2D eigenvalue weighted by Crippen LogP contribution is -2.51. The molecule has 0 aromatic carbocycles. The Kier molecular flexibility index (Phi) is 19.5. The molecule has 8 aliphatic carbocycles. The van der Waals surface area contributed by atoms with E-state index in [0.717, 1.165) is 96.7 Å². The number of esters is 1. The van der Waals surface area contributed by atoms with Crippen molar-refractivity contribution in [3.05, 3.63) is 23.3 Å². The quantitative estimate of drug-likeness (QED) is 0.0864. The van der Waals surface area contributed by atoms with Crippen molar-refractivity contribution in [3.8, 4) is 0 Å². The first-order chi connectivity index (χ1) is 32.1. The molecule has 69 heavy (non-hydrogen) atoms. The lowest BCUT2D eigenvalue weighted by atomic mass is 9.47. The number of ether oxygens (including phenoxy) is 1. The number of aliphatic hydroxyl groups excluding tert-OH is 1. The summed E-state index contributed by atoms with van der Waals surface area (Å²) in [4.78, 5) is 22.8. The van der Waals surface area contributed by atoms with Gasteiger partial charge in [-0.1, -0.05) is 163 Å². The second kappa shape index (κ2) is 23.1. The molecule has 6 fully saturated rings. The highest BCUT2D eigenvalue weighted by atomic mass is 79.9. The zero-order valence-electron chi connectivity index (χ0n) is 46.6. The summed E-state index contributed by atoms with van der Waals surface area (Å²) < 4.78 is 4.90. The van der Waals surface area contributed by atoms with Crippen molar-refractivity contribution < 1.29 is 19.4 Å². The van der Waals surface area contributed by atoms with Crippen LogP contribution in [0.2, 0.25) is 0 Å². The Balaban J connectivity index is 0.000000202. The molecule has 0 aliphatic heterocycles. The van der Waals surface area contributed by atoms with Crippen LogP contribution in [0.4, 0.5) is 0 Å². The maximum atomic E-state index is 12.5. The topological polar surface area (TPSA) is 63.6 Å². The summed E-state index contributed by atoms with van der Waals surface area (Å²) in [5.74, 6) is 10.6. The van der Waals surface area contributed by atoms with E-state index >= 15 is 0 Å². The molecule has 7 heteroatoms. The summed E-state index contributed by atoms with van der Waals surface area (Å²) >= 11 is 9.43. The maximum Gasteiger partial charge on any atom is 0.322 e. The number of fused-ring (bicyclic) bond motifs is 10. The highest BCUT2D eigenvalue weighted by molar-refractivity contribution is 9.20. The third-order valence-electron chi connectivity index (χ3n) is 21.8. The number of alkyl halides is 2. The van der Waals surface area contributed by atoms with Gasteiger partial charge in [0.2, 0.25) is 4.69 Å². The van der Waals surface area contributed by atoms with Gasteiger partial charge in [0, 0.05) is 6.42 Å². The van der Waals surface area contributed by atoms with E-state index in [1.165, 1.54) is 116 Å². The Morgan fingerprint density at radius 1 is 0.609 bits per heavy atom. The largest absolute Gasteiger partial charge is 0.461 e. The Labute approximate surface area is 449 Å². The van der Waals surface area contributed by atoms with Gasteiger partial charge in [-0.05, 0) is 233 Å². The molecule has 0 bridgehead atoms. The van der Waals surface area contributed by atoms with Crippen molar-refractivity contribution in [1.29, 1.82) is 0 Å². The van der Waals surface area contributed by atoms with E-state index < -0.39 is 8.65 Å². The second-order valence-electron chi connectivity index (χ2n) is 28.0. The first-order valence-electron chi connectivity index (χ1n) is 28.9. The van der Waals surface area contributed by atoms with Crippen LogP contribution < -0.4 is 0 Å². The van der Waals surface area contributed by atoms with E-state index in [-0.39, 0.29) is 22.9 Å². The molecule has 16 unspecified atom stereocenters. The van der Waals surface area contributed by atoms with Gasteiger partial charge >= 0.3 is 5.97 Å². The summed E-state index contributed by atoms with van der Waals surface area (Å²) in [6.45, 7) is 32.4. The second-order valence-corrected chi connectivity index (χ2v) is 32.7. The Morgan fingerprint density at radius 2 is 1.03 bits per heavy atom. The van der Waals surface area contributed by atoms with Gasteiger partial charge in [-0.3, -0.25) is 9.59 Å². The van der Waals surface area contributed by atoms with Gasteiger partial charge in [0.1, 0.15) is 10.4 Å². The third kappa shape index (κ3) is 12.8. The number of rotatable bonds is 13. The van der Waals surface area contributed by atoms with Crippen LogP contribution in [0.15, 0.2) is 23.3 Å². The van der Waals surface area contributed by atoms with E-state index in [2.05, 4.69) is 129 Å². The van der Waals surface area contributed by atoms with E-state index in [1.54, 1.807) is 25.0 Å². The van der Waals surface area contributed by atoms with Crippen LogP contribution in [-0.4, -0.2) is 36.6 Å². The van der Waals surface area contributed by atoms with Gasteiger partial charge in [-0.2, -0.15) is 0 Å². The minimum atomic E-state index is -0.599. The van der Waals surface area contributed by atoms with E-state index in [9.17, 15) is 14.7 Å². The van der Waals surface area contributed by atoms with Gasteiger partial charge < -0.3 is 9.84 Å². The monoisotopic (exact) mass is 1150 g/mol. The van der Waals surface area contributed by atoms with Crippen LogP contribution in [0.25, 0.3) is 0 Å². The van der Waals surface area contributed by atoms with Crippen LogP contribution in [0.3, 0.4) is 0 Å². The van der Waals surface area contributed by atoms with Crippen molar-refractivity contribution in [1.82, 2.24) is 0 Å². The molecule has 0 radical (unpaired) electrons. The summed E-state index contributed by atoms with van der Waals surface area (Å²) in [5, 5.41) is 10.2. The molecule has 4 nitrogen and oxygen atoms in total. The van der Waals surface area contributed by atoms with Crippen LogP contribution >= 0.6 is 47.8 Å². The van der Waals surface area contributed by atoms with E-state index in [4.69, 9.17) is 4.74 Å². The fraction of sp³-hybridized carbons (Fsp3) is 0.903. The third-order valence-corrected chi connectivity index (χ3v) is 24.0. The van der Waals surface area contributed by atoms with E-state index in [0.29, 0.717) is 21.7 Å². The van der Waals surface area contributed by atoms with Crippen molar-refractivity contribution in [2.45, 2.75) is 259 Å². The summed E-state index contributed by atoms with van der Waals surface area (Å²) in [6.07, 6.45) is 34.2. The lowest BCUT2D eigenvalue weighted by Gasteiger charge is -2.58. The van der Waals surface area contributed by atoms with Crippen molar-refractivity contribution in [3.63, 3.8) is 0 Å². The molecule has 0 heterocycles. The van der Waals surface area contributed by atoms with Crippen LogP contribution in [0, 0.1) is 92.7 Å². The zero-order valence-corrected chi connectivity index (χ0v) is 51.4. The standard InChI is InChI=1S/C31H51BrO2.C27H46O.C4H6Br2O/c1-20(2)9-8-10-21(3)25-13-14-26-24-12-11-22-19-23(34-28(33)29(4,5)32)15-17-30(22,6)27(24)16-18-31(25,26)7;1-18(2)7-6-8-19(3)23-11-12-24-22-10-9-20-17-21(28)13-15-26(20,4)25(22)14-16-27(23,24)5;1-4(2,6)3(5)7/h11,20-21,23-27H,8-10,12-19H2,1-7H3;9,18-19,21-25,28H,6-8,10-17H2,1-5H3;1-2H3. The minimum Gasteiger partial charge on any atom is -0.461 e. The van der Waals surface area contributed by atoms with Crippen LogP contribution in [0.5, 0.6) is 0 Å². The Morgan fingerprint density at radius 3 is 1.43 bits per heavy atom. The lowest BCUT2D eigenvalue weighted by molar-refractivity contribution is -0.153. The summed E-state index contributed by atoms with van der Waals surface area (Å²) in [7, 11) is 0. The molecule has 6 saturated carbocycles. The number of allylic oxidation sites excluding steroid dienone is 2. The highest BCUT2D eigenvalue weighted by Gasteiger charge is 2.61. The average molecular weight is 1150 g/mol. The van der Waals surface area contributed by atoms with Crippen LogP contribution in [0.1, 0.15) is 238 Å². The number of carbonyl (C=O) groups excluding carboxylic acids is 2. The molecule has 1 N–H and O–H groups in total. The molecule has 0 spiro atoms. The van der Waals surface area contributed by atoms with Gasteiger partial charge in [0.05, 0.1) is 10.4 Å². The van der Waals surface area contributed by atoms with Crippen LogP contribution in [-0.2, 0) is 14.3 Å². The number of aliphatic hydroxyl groups is 1. The molecule has 8 rings (SSSR count). The normalized spacial score (nSPS) is 40.1. The summed E-state index contributed by atoms with van der Waals surface area (Å²) in [5.41, 5.74) is 5.07. The molecule has 8 aliphatic rings. The van der Waals surface area contributed by atoms with Gasteiger partial charge in [0.15, 0.2) is 0 Å². The number of carbonyl (C=O) groups is 2. The Bertz CT molecular complexity index is 1810. The van der Waals surface area contributed by atoms with Crippen molar-refractivity contribution in [2.24, 2.45) is 92.7 Å². The molecule has 0 aromatic rings. The smallest absolute Gasteiger partial charge is 0.322 e. The van der Waals surface area contributed by atoms with E-state index in [1.807, 2.05) is 13.8 Å². The van der Waals surface area contributed by atoms with Crippen molar-refractivity contribution >= 4 is 58.5 Å². The summed E-state index contributed by atoms with van der Waals surface area (Å²) in [6, 6.07) is 0. The van der Waals surface area contributed by atoms with Gasteiger partial charge in [0.25, 0.3) is 0 Å². The molecular weight excluding hydrogens is 1050 g/mol. The minimum absolute atomic E-state index is 0.0278. The average Bonchev–Trinajstić information content (AvgIpc) is 3.80. The molecular formula is C62H103Br3O4. The van der Waals surface area contributed by atoms with Crippen molar-refractivity contribution in [2.75, 3.05) is 0 Å². The molecule has 396 valence electrons. The molecule has 0 saturated heterocycles. The first kappa shape index (κ1) is 58.3. The van der Waals surface area contributed by atoms with Gasteiger partial charge in [-0.25, -0.2) is 0 Å². The van der Waals surface area contributed by atoms with Gasteiger partial charge in [-0.15, -0.1) is 0 Å². The zero-order chi connectivity index (χ0) is 51.1. The first-order valence-corrected chi connectivity index (χ1v) is 31.3. The predicted molar refractivity (Wildman–Crippen MR) is 302 cm³/mol. The highest BCUT2D eigenvalue weighted by Crippen LogP contribution is 2.69. The molecule has 16 atom stereocenters. The fourth-order valence-corrected chi connectivity index (χ4v) is 17.8. The SMILES string of the molecule is CC(C)(Br)C(=O)Br.CC(C)CCCC(C)C1CCC2C3CC=C4CC(O)CCC4(C)C3CCC12C.CC(C)CCCC(C)C1CCC2C3CC=C4CC(OC(=O)C(C)(C)Br)CCC4(C)C3CCC12C. The number of hydrogen-bond donors (Lipinski definition) is 1. The predicted octanol–water partition coefficient (Wildman–Crippen LogP) is 18.6. The Hall–Kier alpha value is 0.0200. The number of halogens is 3. The molecule has 0 aromatic heterocycles. The number of hydrogen-bond acceptors (Lipinski definition) is 4. The maximum absolute atomic E-state index is 12.5. The molecule has 0 amide bonds. The fourth-order valence-electron chi connectivity index (χ4n) is 17.7.